The molecule has 47 heavy (non-hydrogen) atoms. The van der Waals surface area contributed by atoms with Crippen molar-refractivity contribution in [1.29, 1.82) is 5.26 Å². The molecule has 0 N–H and O–H groups in total. The zero-order valence-corrected chi connectivity index (χ0v) is 30.5. The number of pyridine rings is 1. The average molecular weight is 709 g/mol. The molecule has 4 heterocycles. The van der Waals surface area contributed by atoms with Crippen molar-refractivity contribution in [1.82, 2.24) is 28.8 Å². The van der Waals surface area contributed by atoms with Crippen LogP contribution < -0.4 is 4.90 Å². The van der Waals surface area contributed by atoms with Gasteiger partial charge in [0.25, 0.3) is 6.43 Å². The van der Waals surface area contributed by atoms with E-state index in [1.807, 2.05) is 37.5 Å². The fraction of sp³-hybridized carbons (Fsp3) is 0.633. The van der Waals surface area contributed by atoms with E-state index in [2.05, 4.69) is 40.9 Å². The lowest BCUT2D eigenvalue weighted by molar-refractivity contribution is -0.142. The van der Waals surface area contributed by atoms with Crippen LogP contribution in [0.15, 0.2) is 23.4 Å². The van der Waals surface area contributed by atoms with Crippen LogP contribution in [0.4, 0.5) is 14.5 Å². The van der Waals surface area contributed by atoms with Crippen LogP contribution in [-0.4, -0.2) is 95.7 Å². The van der Waals surface area contributed by atoms with Crippen LogP contribution >= 0.6 is 11.3 Å². The Balaban J connectivity index is 1.59. The number of nitrogens with zero attached hydrogens (tertiary/aromatic N) is 8. The summed E-state index contributed by atoms with van der Waals surface area (Å²) in [5, 5.41) is 17.2. The van der Waals surface area contributed by atoms with Crippen LogP contribution in [-0.2, 0) is 19.6 Å². The van der Waals surface area contributed by atoms with Gasteiger partial charge in [0, 0.05) is 52.0 Å². The van der Waals surface area contributed by atoms with Crippen LogP contribution in [0.2, 0.25) is 25.7 Å². The molecule has 1 atom stereocenters. The number of piperazine rings is 1. The van der Waals surface area contributed by atoms with Crippen LogP contribution in [0, 0.1) is 16.7 Å². The number of alkyl halides is 2. The number of hydrogen-bond donors (Lipinski definition) is 0. The highest BCUT2D eigenvalue weighted by molar-refractivity contribution is 7.89. The molecule has 5 rings (SSSR count). The Morgan fingerprint density at radius 1 is 1.26 bits per heavy atom. The molecule has 3 aromatic heterocycles. The Morgan fingerprint density at radius 3 is 2.51 bits per heavy atom. The van der Waals surface area contributed by atoms with Crippen LogP contribution in [0.3, 0.4) is 0 Å². The summed E-state index contributed by atoms with van der Waals surface area (Å²) in [5.74, 6) is 0.191. The first kappa shape index (κ1) is 35.3. The molecule has 1 amide bonds. The molecule has 0 aromatic carbocycles. The topological polar surface area (TPSA) is 137 Å². The molecule has 256 valence electrons. The van der Waals surface area contributed by atoms with E-state index in [-0.39, 0.29) is 34.4 Å². The monoisotopic (exact) mass is 708 g/mol. The van der Waals surface area contributed by atoms with Gasteiger partial charge in [-0.3, -0.25) is 9.20 Å². The van der Waals surface area contributed by atoms with Crippen molar-refractivity contribution < 1.29 is 26.7 Å². The first-order chi connectivity index (χ1) is 21.9. The molecule has 0 radical (unpaired) electrons. The Morgan fingerprint density at radius 2 is 1.96 bits per heavy atom. The zero-order chi connectivity index (χ0) is 34.5. The van der Waals surface area contributed by atoms with E-state index in [4.69, 9.17) is 4.74 Å². The molecule has 2 fully saturated rings. The van der Waals surface area contributed by atoms with Crippen LogP contribution in [0.25, 0.3) is 16.3 Å². The fourth-order valence-corrected chi connectivity index (χ4v) is 8.64. The van der Waals surface area contributed by atoms with Gasteiger partial charge in [0.05, 0.1) is 23.5 Å². The summed E-state index contributed by atoms with van der Waals surface area (Å²) in [7, 11) is -5.77. The third-order valence-corrected chi connectivity index (χ3v) is 13.0. The highest BCUT2D eigenvalue weighted by atomic mass is 32.2. The summed E-state index contributed by atoms with van der Waals surface area (Å²) in [6, 6.07) is 4.42. The smallest absolute Gasteiger partial charge is 0.291 e. The lowest BCUT2D eigenvalue weighted by Gasteiger charge is -2.43. The largest absolute Gasteiger partial charge is 0.366 e. The van der Waals surface area contributed by atoms with Crippen molar-refractivity contribution in [2.24, 2.45) is 5.41 Å². The molecule has 0 spiro atoms. The number of carbonyl (C=O) groups excluding carboxylic acids is 1. The Bertz CT molecular complexity index is 1790. The second kappa shape index (κ2) is 12.8. The number of fused-ring (bicyclic) bond motifs is 1. The summed E-state index contributed by atoms with van der Waals surface area (Å²) in [4.78, 5) is 21.4. The second-order valence-electron chi connectivity index (χ2n) is 14.5. The van der Waals surface area contributed by atoms with E-state index in [0.717, 1.165) is 10.3 Å². The molecule has 0 bridgehead atoms. The number of halogens is 2. The Labute approximate surface area is 279 Å². The number of ether oxygens (including phenoxy) is 1. The van der Waals surface area contributed by atoms with E-state index < -0.39 is 40.5 Å². The normalized spacial score (nSPS) is 18.7. The van der Waals surface area contributed by atoms with Gasteiger partial charge in [0.1, 0.15) is 17.2 Å². The zero-order valence-electron chi connectivity index (χ0n) is 27.8. The van der Waals surface area contributed by atoms with Gasteiger partial charge in [0.2, 0.25) is 15.9 Å². The predicted molar refractivity (Wildman–Crippen MR) is 177 cm³/mol. The number of amides is 1. The molecule has 0 unspecified atom stereocenters. The van der Waals surface area contributed by atoms with Gasteiger partial charge in [-0.05, 0) is 31.9 Å². The molecular weight excluding hydrogens is 667 g/mol. The summed E-state index contributed by atoms with van der Waals surface area (Å²) >= 11 is 0.681. The number of nitriles is 1. The molecule has 17 heteroatoms. The maximum absolute atomic E-state index is 14.5. The summed E-state index contributed by atoms with van der Waals surface area (Å²) in [5.41, 5.74) is -0.699. The highest BCUT2D eigenvalue weighted by Gasteiger charge is 2.54. The minimum Gasteiger partial charge on any atom is -0.366 e. The van der Waals surface area contributed by atoms with Crippen LogP contribution in [0.1, 0.15) is 52.0 Å². The van der Waals surface area contributed by atoms with Gasteiger partial charge >= 0.3 is 0 Å². The molecule has 1 aliphatic heterocycles. The standard InChI is InChI=1S/C30H42F2N8O4S2Si/c1-20-16-37(10-11-38(20)28(41)29(2,3)4)22-14-21(17-39-23(22)15-34-25(39)27-36-35-26(45-27)24(31)32)46(42,43)40(30(18-33)8-9-30)19-44-12-13-47(5,6)7/h14-15,17,20,24H,8-13,16,19H2,1-7H3/t20-/m1/s1. The summed E-state index contributed by atoms with van der Waals surface area (Å²) in [6.07, 6.45) is 0.896. The summed E-state index contributed by atoms with van der Waals surface area (Å²) in [6.45, 7) is 15.5. The third-order valence-electron chi connectivity index (χ3n) is 8.49. The molecule has 12 nitrogen and oxygen atoms in total. The van der Waals surface area contributed by atoms with E-state index in [1.54, 1.807) is 12.3 Å². The Kier molecular flexibility index (Phi) is 9.58. The molecule has 1 aliphatic carbocycles. The quantitative estimate of drug-likeness (QED) is 0.149. The van der Waals surface area contributed by atoms with Crippen molar-refractivity contribution in [3.05, 3.63) is 23.5 Å². The number of carbonyl (C=O) groups is 1. The number of imidazole rings is 1. The number of aromatic nitrogens is 4. The number of rotatable bonds is 11. The van der Waals surface area contributed by atoms with E-state index in [9.17, 15) is 27.3 Å². The van der Waals surface area contributed by atoms with Crippen molar-refractivity contribution >= 4 is 46.5 Å². The predicted octanol–water partition coefficient (Wildman–Crippen LogP) is 5.23. The van der Waals surface area contributed by atoms with Crippen molar-refractivity contribution in [3.63, 3.8) is 0 Å². The van der Waals surface area contributed by atoms with E-state index >= 15 is 0 Å². The average Bonchev–Trinajstić information content (AvgIpc) is 3.39. The maximum Gasteiger partial charge on any atom is 0.291 e. The number of hydrogen-bond acceptors (Lipinski definition) is 10. The van der Waals surface area contributed by atoms with Crippen molar-refractivity contribution in [2.45, 2.75) is 89.1 Å². The van der Waals surface area contributed by atoms with Crippen LogP contribution in [0.5, 0.6) is 0 Å². The minimum atomic E-state index is -4.31. The second-order valence-corrected chi connectivity index (χ2v) is 23.0. The van der Waals surface area contributed by atoms with Gasteiger partial charge in [-0.2, -0.15) is 9.57 Å². The van der Waals surface area contributed by atoms with Gasteiger partial charge in [-0.1, -0.05) is 51.7 Å². The summed E-state index contributed by atoms with van der Waals surface area (Å²) < 4.78 is 64.4. The van der Waals surface area contributed by atoms with Gasteiger partial charge < -0.3 is 14.5 Å². The molecule has 1 saturated heterocycles. The van der Waals surface area contributed by atoms with Gasteiger partial charge in [-0.25, -0.2) is 22.2 Å². The van der Waals surface area contributed by atoms with Crippen molar-refractivity contribution in [3.8, 4) is 16.9 Å². The minimum absolute atomic E-state index is 0.0277. The lowest BCUT2D eigenvalue weighted by atomic mass is 9.93. The van der Waals surface area contributed by atoms with Gasteiger partial charge in [0.15, 0.2) is 15.8 Å². The number of sulfonamides is 1. The number of anilines is 1. The SMILES string of the molecule is C[C@@H]1CN(c2cc(S(=O)(=O)N(COCC[Si](C)(C)C)C3(C#N)CC3)cn3c(-c4nnc(C(F)F)s4)ncc23)CCN1C(=O)C(C)(C)C. The van der Waals surface area contributed by atoms with Crippen molar-refractivity contribution in [2.75, 3.05) is 37.9 Å². The van der Waals surface area contributed by atoms with E-state index in [0.29, 0.717) is 61.6 Å². The van der Waals surface area contributed by atoms with E-state index in [1.165, 1.54) is 10.6 Å². The van der Waals surface area contributed by atoms with Gasteiger partial charge in [-0.15, -0.1) is 10.2 Å². The Hall–Kier alpha value is -3.04. The molecule has 1 saturated carbocycles. The highest BCUT2D eigenvalue weighted by Crippen LogP contribution is 2.45. The maximum atomic E-state index is 14.5. The first-order valence-corrected chi connectivity index (χ1v) is 21.6. The molecule has 3 aromatic rings. The molecular formula is C30H42F2N8O4S2Si. The lowest BCUT2D eigenvalue weighted by Crippen LogP contribution is -2.56. The molecule has 2 aliphatic rings. The third kappa shape index (κ3) is 7.21. The fourth-order valence-electron chi connectivity index (χ4n) is 5.54. The first-order valence-electron chi connectivity index (χ1n) is 15.6.